The molecule has 0 aliphatic heterocycles. The van der Waals surface area contributed by atoms with E-state index in [1.165, 1.54) is 47.3 Å². The van der Waals surface area contributed by atoms with Gasteiger partial charge in [0.05, 0.1) is 8.07 Å². The first-order chi connectivity index (χ1) is 13.2. The molecule has 0 atom stereocenters. The van der Waals surface area contributed by atoms with Crippen molar-refractivity contribution in [2.24, 2.45) is 0 Å². The minimum Gasteiger partial charge on any atom is -0.327 e. The Labute approximate surface area is 234 Å². The van der Waals surface area contributed by atoms with Crippen molar-refractivity contribution in [2.75, 3.05) is 0 Å². The van der Waals surface area contributed by atoms with E-state index >= 15 is 0 Å². The molecule has 2 aliphatic rings. The molecule has 0 saturated heterocycles. The number of hydrogen-bond donors (Lipinski definition) is 0. The van der Waals surface area contributed by atoms with Crippen molar-refractivity contribution in [1.82, 2.24) is 0 Å². The van der Waals surface area contributed by atoms with E-state index in [0.29, 0.717) is 0 Å². The van der Waals surface area contributed by atoms with Gasteiger partial charge in [-0.2, -0.15) is 0 Å². The topological polar surface area (TPSA) is 0 Å². The molecule has 0 N–H and O–H groups in total. The molecule has 2 fully saturated rings. The van der Waals surface area contributed by atoms with Gasteiger partial charge in [0.25, 0.3) is 0 Å². The van der Waals surface area contributed by atoms with Crippen LogP contribution in [0.5, 0.6) is 0 Å². The van der Waals surface area contributed by atoms with Crippen LogP contribution in [0, 0.1) is 105 Å². The quantitative estimate of drug-likeness (QED) is 0.223. The predicted octanol–water partition coefficient (Wildman–Crippen LogP) is 8.65. The fourth-order valence-electron chi connectivity index (χ4n) is 5.74. The summed E-state index contributed by atoms with van der Waals surface area (Å²) in [5.74, 6) is 12.1. The smallest absolute Gasteiger partial charge is 0.327 e. The van der Waals surface area contributed by atoms with E-state index in [9.17, 15) is 0 Å². The molecule has 2 rings (SSSR count). The molecule has 31 heavy (non-hydrogen) atoms. The fraction of sp³-hybridized carbons (Fsp3) is 0.593. The summed E-state index contributed by atoms with van der Waals surface area (Å²) in [4.78, 5) is 0. The van der Waals surface area contributed by atoms with Crippen LogP contribution in [0.15, 0.2) is 0 Å². The van der Waals surface area contributed by atoms with E-state index in [4.69, 9.17) is 0 Å². The van der Waals surface area contributed by atoms with Gasteiger partial charge >= 0.3 is 40.8 Å². The van der Waals surface area contributed by atoms with Gasteiger partial charge in [0.15, 0.2) is 0 Å². The zero-order chi connectivity index (χ0) is 24.0. The van der Waals surface area contributed by atoms with E-state index in [2.05, 4.69) is 113 Å². The van der Waals surface area contributed by atoms with Crippen LogP contribution in [0.3, 0.4) is 0 Å². The maximum absolute atomic E-state index is 2.65. The minimum atomic E-state index is -1.65. The van der Waals surface area contributed by atoms with Crippen LogP contribution in [0.2, 0.25) is 52.4 Å². The number of hydrogen-bond acceptors (Lipinski definition) is 0. The van der Waals surface area contributed by atoms with E-state index < -0.39 is 24.2 Å². The molecule has 0 aromatic carbocycles. The molecule has 0 amide bonds. The normalized spacial score (nSPS) is 24.0. The maximum Gasteiger partial charge on any atom is 3.00 e. The Kier molecular flexibility index (Phi) is 12.6. The molecule has 0 bridgehead atoms. The Morgan fingerprint density at radius 3 is 0.710 bits per heavy atom. The van der Waals surface area contributed by atoms with Crippen LogP contribution in [0.25, 0.3) is 0 Å². The molecular weight excluding hydrogens is 553 g/mol. The summed E-state index contributed by atoms with van der Waals surface area (Å²) >= 11 is 0. The molecule has 0 nitrogen and oxygen atoms in total. The van der Waals surface area contributed by atoms with Crippen LogP contribution in [0.4, 0.5) is 0 Å². The van der Waals surface area contributed by atoms with Crippen LogP contribution in [-0.2, 0) is 0 Å². The van der Waals surface area contributed by atoms with Gasteiger partial charge in [0.1, 0.15) is 0 Å². The van der Waals surface area contributed by atoms with Gasteiger partial charge in [0, 0.05) is 0 Å². The van der Waals surface area contributed by atoms with Gasteiger partial charge in [-0.15, -0.1) is 16.1 Å². The van der Waals surface area contributed by atoms with Crippen LogP contribution in [0.1, 0.15) is 55.4 Å². The third kappa shape index (κ3) is 8.00. The Hall–Kier alpha value is 2.00. The summed E-state index contributed by atoms with van der Waals surface area (Å²) in [5, 5.41) is 0. The molecule has 11 radical (unpaired) electrons. The van der Waals surface area contributed by atoms with E-state index in [1.807, 2.05) is 0 Å². The van der Waals surface area contributed by atoms with Gasteiger partial charge in [-0.3, -0.25) is 0 Å². The molecule has 2 aliphatic carbocycles. The van der Waals surface area contributed by atoms with Crippen LogP contribution in [-0.4, -0.2) is 24.2 Å². The second kappa shape index (κ2) is 11.8. The van der Waals surface area contributed by atoms with Crippen molar-refractivity contribution in [1.29, 1.82) is 0 Å². The Morgan fingerprint density at radius 2 is 0.581 bits per heavy atom. The second-order valence-electron chi connectivity index (χ2n) is 12.3. The zero-order valence-corrected chi connectivity index (χ0v) is 29.8. The first-order valence-electron chi connectivity index (χ1n) is 11.6. The molecule has 4 heteroatoms. The van der Waals surface area contributed by atoms with Crippen molar-refractivity contribution in [3.05, 3.63) is 64.1 Å². The molecule has 0 aromatic heterocycles. The molecule has 0 spiro atoms. The van der Waals surface area contributed by atoms with Crippen LogP contribution < -0.4 is 0 Å². The summed E-state index contributed by atoms with van der Waals surface area (Å²) in [6, 6.07) is 0. The van der Waals surface area contributed by atoms with Gasteiger partial charge in [-0.05, 0) is 58.4 Å². The summed E-state index contributed by atoms with van der Waals surface area (Å²) in [6.07, 6.45) is 0. The molecular formula is C27H49NdSi3+2. The second-order valence-corrected chi connectivity index (χ2v) is 27.1. The summed E-state index contributed by atoms with van der Waals surface area (Å²) in [6.45, 7) is 38.0. The minimum absolute atomic E-state index is 0. The molecule has 0 heterocycles. The monoisotopic (exact) mass is 599 g/mol. The molecule has 2 saturated carbocycles. The molecule has 0 unspecified atom stereocenters. The van der Waals surface area contributed by atoms with E-state index in [-0.39, 0.29) is 40.8 Å². The predicted molar refractivity (Wildman–Crippen MR) is 146 cm³/mol. The summed E-state index contributed by atoms with van der Waals surface area (Å²) in [5.41, 5.74) is 6.00. The maximum atomic E-state index is 2.65. The average Bonchev–Trinajstić information content (AvgIpc) is 2.85. The number of rotatable bonds is 4. The van der Waals surface area contributed by atoms with Crippen molar-refractivity contribution in [3.8, 4) is 0 Å². The standard InChI is InChI=1S/C20H30Si.C7H19Si2.Nd/c1-11-12(2)16(6)19(15(11)5)21(9,10)20-17(7)13(3)14(4)18(20)8;1-8(2,3)7-9(4,5)6;/h1-10H3;7H,1-6H3;/q;-1;+3. The van der Waals surface area contributed by atoms with Gasteiger partial charge in [-0.1, -0.05) is 108 Å². The summed E-state index contributed by atoms with van der Waals surface area (Å²) < 4.78 is 0. The zero-order valence-electron chi connectivity index (χ0n) is 23.6. The largest absolute Gasteiger partial charge is 3.00 e. The molecule has 0 aromatic rings. The van der Waals surface area contributed by atoms with Gasteiger partial charge in [-0.25, -0.2) is 0 Å². The van der Waals surface area contributed by atoms with Crippen molar-refractivity contribution in [2.45, 2.75) is 108 Å². The average molecular weight is 602 g/mol. The Morgan fingerprint density at radius 1 is 0.387 bits per heavy atom. The Bertz CT molecular complexity index is 474. The summed E-state index contributed by atoms with van der Waals surface area (Å²) in [7, 11) is -3.37. The van der Waals surface area contributed by atoms with Gasteiger partial charge in [0.2, 0.25) is 0 Å². The SMILES string of the molecule is C[C]1[C](C)[C](C)[C]([Si](C)(C)[C]2[C](C)[C](C)[C](C)[C]2C)[C]1C.C[Si](C)(C)[CH-][Si](C)(C)C.[Nd+3]. The van der Waals surface area contributed by atoms with Crippen molar-refractivity contribution in [3.63, 3.8) is 0 Å². The third-order valence-corrected chi connectivity index (χ3v) is 17.9. The van der Waals surface area contributed by atoms with E-state index in [0.717, 1.165) is 0 Å². The van der Waals surface area contributed by atoms with Crippen LogP contribution >= 0.6 is 0 Å². The van der Waals surface area contributed by atoms with Crippen molar-refractivity contribution >= 4 is 24.2 Å². The van der Waals surface area contributed by atoms with Crippen molar-refractivity contribution < 1.29 is 40.8 Å². The fourth-order valence-corrected chi connectivity index (χ4v) is 20.9. The van der Waals surface area contributed by atoms with Gasteiger partial charge < -0.3 is 5.67 Å². The van der Waals surface area contributed by atoms with E-state index in [1.54, 1.807) is 11.1 Å². The molecule has 171 valence electrons. The third-order valence-electron chi connectivity index (χ3n) is 6.99. The Balaban J connectivity index is 0.000000769. The first-order valence-corrected chi connectivity index (χ1v) is 21.7. The first kappa shape index (κ1) is 33.0.